The van der Waals surface area contributed by atoms with E-state index in [0.717, 1.165) is 0 Å². The van der Waals surface area contributed by atoms with Gasteiger partial charge in [0.1, 0.15) is 0 Å². The van der Waals surface area contributed by atoms with Crippen LogP contribution in [0.4, 0.5) is 5.69 Å². The molecule has 0 radical (unpaired) electrons. The van der Waals surface area contributed by atoms with E-state index in [1.54, 1.807) is 24.3 Å². The summed E-state index contributed by atoms with van der Waals surface area (Å²) in [5.74, 6) is 0.678. The van der Waals surface area contributed by atoms with Gasteiger partial charge in [0.05, 0.1) is 0 Å². The van der Waals surface area contributed by atoms with Gasteiger partial charge in [-0.25, -0.2) is 0 Å². The molecular weight excluding hydrogens is 188 g/mol. The maximum Gasteiger partial charge on any atom is 0.251 e. The molecule has 3 N–H and O–H groups in total. The molecule has 3 heteroatoms. The highest BCUT2D eigenvalue weighted by Crippen LogP contribution is 2.32. The first-order chi connectivity index (χ1) is 7.16. The zero-order chi connectivity index (χ0) is 10.8. The Bertz CT molecular complexity index is 354. The summed E-state index contributed by atoms with van der Waals surface area (Å²) in [7, 11) is 0. The van der Waals surface area contributed by atoms with Gasteiger partial charge in [-0.15, -0.1) is 0 Å². The van der Waals surface area contributed by atoms with Crippen LogP contribution in [-0.4, -0.2) is 11.9 Å². The zero-order valence-corrected chi connectivity index (χ0v) is 8.86. The van der Waals surface area contributed by atoms with Gasteiger partial charge in [-0.3, -0.25) is 4.79 Å². The van der Waals surface area contributed by atoms with Crippen LogP contribution in [0, 0.1) is 5.92 Å². The molecule has 0 heterocycles. The molecule has 3 nitrogen and oxygen atoms in total. The zero-order valence-electron chi connectivity index (χ0n) is 8.86. The molecule has 15 heavy (non-hydrogen) atoms. The van der Waals surface area contributed by atoms with Crippen molar-refractivity contribution in [3.05, 3.63) is 29.8 Å². The van der Waals surface area contributed by atoms with Crippen LogP contribution in [0.5, 0.6) is 0 Å². The van der Waals surface area contributed by atoms with Gasteiger partial charge in [-0.05, 0) is 49.9 Å². The minimum Gasteiger partial charge on any atom is -0.399 e. The maximum absolute atomic E-state index is 11.7. The molecule has 1 atom stereocenters. The molecule has 0 spiro atoms. The Morgan fingerprint density at radius 3 is 2.53 bits per heavy atom. The summed E-state index contributed by atoms with van der Waals surface area (Å²) >= 11 is 0. The minimum absolute atomic E-state index is 0.00519. The van der Waals surface area contributed by atoms with Crippen molar-refractivity contribution in [2.24, 2.45) is 5.92 Å². The van der Waals surface area contributed by atoms with Crippen molar-refractivity contribution in [1.29, 1.82) is 0 Å². The van der Waals surface area contributed by atoms with Gasteiger partial charge in [0.25, 0.3) is 5.91 Å². The van der Waals surface area contributed by atoms with E-state index in [1.165, 1.54) is 12.8 Å². The number of hydrogen-bond donors (Lipinski definition) is 2. The number of rotatable bonds is 3. The number of nitrogens with one attached hydrogen (secondary N) is 1. The number of nitrogen functional groups attached to an aromatic ring is 1. The molecule has 0 bridgehead atoms. The van der Waals surface area contributed by atoms with Crippen LogP contribution in [0.2, 0.25) is 0 Å². The summed E-state index contributed by atoms with van der Waals surface area (Å²) in [6.45, 7) is 2.06. The molecule has 1 aromatic rings. The van der Waals surface area contributed by atoms with E-state index in [4.69, 9.17) is 5.73 Å². The van der Waals surface area contributed by atoms with Crippen molar-refractivity contribution in [2.45, 2.75) is 25.8 Å². The lowest BCUT2D eigenvalue weighted by molar-refractivity contribution is 0.0936. The number of benzene rings is 1. The number of hydrogen-bond acceptors (Lipinski definition) is 2. The molecule has 1 saturated carbocycles. The first-order valence-electron chi connectivity index (χ1n) is 5.33. The topological polar surface area (TPSA) is 55.1 Å². The lowest BCUT2D eigenvalue weighted by Crippen LogP contribution is -2.33. The van der Waals surface area contributed by atoms with E-state index < -0.39 is 0 Å². The number of anilines is 1. The monoisotopic (exact) mass is 204 g/mol. The molecule has 1 aliphatic carbocycles. The highest BCUT2D eigenvalue weighted by molar-refractivity contribution is 5.94. The number of carbonyl (C=O) groups is 1. The van der Waals surface area contributed by atoms with Gasteiger partial charge in [0, 0.05) is 17.3 Å². The van der Waals surface area contributed by atoms with Gasteiger partial charge >= 0.3 is 0 Å². The van der Waals surface area contributed by atoms with Crippen molar-refractivity contribution in [1.82, 2.24) is 5.32 Å². The Morgan fingerprint density at radius 1 is 1.40 bits per heavy atom. The molecule has 1 unspecified atom stereocenters. The SMILES string of the molecule is CC(NC(=O)c1ccc(N)cc1)C1CC1. The summed E-state index contributed by atoms with van der Waals surface area (Å²) in [5.41, 5.74) is 6.91. The average Bonchev–Trinajstić information content (AvgIpc) is 3.01. The second-order valence-electron chi connectivity index (χ2n) is 4.22. The molecule has 1 aliphatic rings. The normalized spacial score (nSPS) is 17.1. The first-order valence-corrected chi connectivity index (χ1v) is 5.33. The van der Waals surface area contributed by atoms with Crippen molar-refractivity contribution in [3.8, 4) is 0 Å². The Balaban J connectivity index is 1.97. The number of amides is 1. The molecule has 1 amide bonds. The van der Waals surface area contributed by atoms with Crippen molar-refractivity contribution >= 4 is 11.6 Å². The van der Waals surface area contributed by atoms with Gasteiger partial charge in [0.2, 0.25) is 0 Å². The molecule has 2 rings (SSSR count). The highest BCUT2D eigenvalue weighted by Gasteiger charge is 2.28. The summed E-state index contributed by atoms with van der Waals surface area (Å²) in [4.78, 5) is 11.7. The Kier molecular flexibility index (Phi) is 2.62. The van der Waals surface area contributed by atoms with Crippen LogP contribution in [0.1, 0.15) is 30.1 Å². The van der Waals surface area contributed by atoms with Gasteiger partial charge < -0.3 is 11.1 Å². The third-order valence-corrected chi connectivity index (χ3v) is 2.86. The third kappa shape index (κ3) is 2.49. The smallest absolute Gasteiger partial charge is 0.251 e. The molecule has 1 aromatic carbocycles. The number of nitrogens with two attached hydrogens (primary N) is 1. The van der Waals surface area contributed by atoms with Crippen LogP contribution in [0.3, 0.4) is 0 Å². The van der Waals surface area contributed by atoms with E-state index >= 15 is 0 Å². The molecule has 0 aliphatic heterocycles. The van der Waals surface area contributed by atoms with E-state index in [9.17, 15) is 4.79 Å². The quantitative estimate of drug-likeness (QED) is 0.737. The fourth-order valence-corrected chi connectivity index (χ4v) is 1.64. The predicted octanol–water partition coefficient (Wildman–Crippen LogP) is 1.80. The Labute approximate surface area is 89.7 Å². The van der Waals surface area contributed by atoms with E-state index in [-0.39, 0.29) is 11.9 Å². The standard InChI is InChI=1S/C12H16N2O/c1-8(9-2-3-9)14-12(15)10-4-6-11(13)7-5-10/h4-9H,2-3,13H2,1H3,(H,14,15). The van der Waals surface area contributed by atoms with Crippen LogP contribution >= 0.6 is 0 Å². The van der Waals surface area contributed by atoms with E-state index in [1.807, 2.05) is 0 Å². The second kappa shape index (κ2) is 3.93. The van der Waals surface area contributed by atoms with Crippen LogP contribution < -0.4 is 11.1 Å². The van der Waals surface area contributed by atoms with Crippen molar-refractivity contribution in [2.75, 3.05) is 5.73 Å². The van der Waals surface area contributed by atoms with Crippen LogP contribution in [0.15, 0.2) is 24.3 Å². The lowest BCUT2D eigenvalue weighted by Gasteiger charge is -2.12. The minimum atomic E-state index is -0.00519. The van der Waals surface area contributed by atoms with E-state index in [0.29, 0.717) is 17.2 Å². The van der Waals surface area contributed by atoms with Crippen LogP contribution in [-0.2, 0) is 0 Å². The Morgan fingerprint density at radius 2 is 2.00 bits per heavy atom. The van der Waals surface area contributed by atoms with Gasteiger partial charge in [-0.2, -0.15) is 0 Å². The fraction of sp³-hybridized carbons (Fsp3) is 0.417. The fourth-order valence-electron chi connectivity index (χ4n) is 1.64. The lowest BCUT2D eigenvalue weighted by atomic mass is 10.1. The molecule has 0 saturated heterocycles. The third-order valence-electron chi connectivity index (χ3n) is 2.86. The van der Waals surface area contributed by atoms with Gasteiger partial charge in [0.15, 0.2) is 0 Å². The van der Waals surface area contributed by atoms with Crippen LogP contribution in [0.25, 0.3) is 0 Å². The molecular formula is C12H16N2O. The largest absolute Gasteiger partial charge is 0.399 e. The predicted molar refractivity (Wildman–Crippen MR) is 60.5 cm³/mol. The summed E-state index contributed by atoms with van der Waals surface area (Å²) in [6.07, 6.45) is 2.48. The second-order valence-corrected chi connectivity index (χ2v) is 4.22. The first kappa shape index (κ1) is 10.0. The molecule has 0 aromatic heterocycles. The summed E-state index contributed by atoms with van der Waals surface area (Å²) in [5, 5.41) is 3.00. The molecule has 80 valence electrons. The maximum atomic E-state index is 11.7. The Hall–Kier alpha value is -1.51. The highest BCUT2D eigenvalue weighted by atomic mass is 16.1. The van der Waals surface area contributed by atoms with E-state index in [2.05, 4.69) is 12.2 Å². The average molecular weight is 204 g/mol. The summed E-state index contributed by atoms with van der Waals surface area (Å²) in [6, 6.07) is 7.29. The number of carbonyl (C=O) groups excluding carboxylic acids is 1. The van der Waals surface area contributed by atoms with Gasteiger partial charge in [-0.1, -0.05) is 0 Å². The summed E-state index contributed by atoms with van der Waals surface area (Å²) < 4.78 is 0. The van der Waals surface area contributed by atoms with Crippen molar-refractivity contribution < 1.29 is 4.79 Å². The van der Waals surface area contributed by atoms with Crippen molar-refractivity contribution in [3.63, 3.8) is 0 Å². The molecule has 1 fully saturated rings.